The molecule has 1 heterocycles. The van der Waals surface area contributed by atoms with Gasteiger partial charge in [0.15, 0.2) is 0 Å². The Hall–Kier alpha value is -0.380. The van der Waals surface area contributed by atoms with Crippen LogP contribution < -0.4 is 5.32 Å². The Labute approximate surface area is 106 Å². The van der Waals surface area contributed by atoms with Crippen LogP contribution in [-0.4, -0.2) is 18.8 Å². The highest BCUT2D eigenvalue weighted by molar-refractivity contribution is 9.10. The molecule has 1 aromatic carbocycles. The lowest BCUT2D eigenvalue weighted by atomic mass is 10.1. The Morgan fingerprint density at radius 1 is 1.38 bits per heavy atom. The zero-order valence-corrected chi connectivity index (χ0v) is 11.3. The summed E-state index contributed by atoms with van der Waals surface area (Å²) in [5.41, 5.74) is 1.32. The van der Waals surface area contributed by atoms with Crippen molar-refractivity contribution in [3.8, 4) is 0 Å². The Bertz CT molecular complexity index is 338. The lowest BCUT2D eigenvalue weighted by Gasteiger charge is -2.22. The summed E-state index contributed by atoms with van der Waals surface area (Å²) < 4.78 is 6.68. The van der Waals surface area contributed by atoms with E-state index >= 15 is 0 Å². The van der Waals surface area contributed by atoms with E-state index in [9.17, 15) is 0 Å². The van der Waals surface area contributed by atoms with Crippen molar-refractivity contribution < 1.29 is 4.74 Å². The molecule has 0 radical (unpaired) electrons. The fourth-order valence-corrected chi connectivity index (χ4v) is 2.38. The monoisotopic (exact) mass is 283 g/mol. The van der Waals surface area contributed by atoms with Crippen LogP contribution in [0.1, 0.15) is 31.9 Å². The third-order valence-electron chi connectivity index (χ3n) is 3.21. The van der Waals surface area contributed by atoms with Crippen molar-refractivity contribution in [3.63, 3.8) is 0 Å². The molecule has 88 valence electrons. The summed E-state index contributed by atoms with van der Waals surface area (Å²) in [5.74, 6) is 0. The van der Waals surface area contributed by atoms with Crippen molar-refractivity contribution in [1.29, 1.82) is 0 Å². The lowest BCUT2D eigenvalue weighted by Crippen LogP contribution is -2.36. The first-order valence-electron chi connectivity index (χ1n) is 5.80. The van der Waals surface area contributed by atoms with Gasteiger partial charge >= 0.3 is 0 Å². The van der Waals surface area contributed by atoms with E-state index in [4.69, 9.17) is 4.74 Å². The predicted molar refractivity (Wildman–Crippen MR) is 69.5 cm³/mol. The van der Waals surface area contributed by atoms with Gasteiger partial charge in [-0.1, -0.05) is 28.1 Å². The van der Waals surface area contributed by atoms with Gasteiger partial charge in [0.25, 0.3) is 0 Å². The van der Waals surface area contributed by atoms with E-state index in [0.29, 0.717) is 18.2 Å². The van der Waals surface area contributed by atoms with Crippen LogP contribution in [0.15, 0.2) is 28.7 Å². The number of benzene rings is 1. The van der Waals surface area contributed by atoms with Crippen molar-refractivity contribution in [2.24, 2.45) is 0 Å². The molecule has 0 saturated carbocycles. The van der Waals surface area contributed by atoms with Crippen LogP contribution in [0.4, 0.5) is 0 Å². The summed E-state index contributed by atoms with van der Waals surface area (Å²) in [5, 5.41) is 3.62. The molecular formula is C13H18BrNO. The minimum atomic E-state index is 0.331. The van der Waals surface area contributed by atoms with E-state index < -0.39 is 0 Å². The first-order chi connectivity index (χ1) is 7.66. The van der Waals surface area contributed by atoms with Gasteiger partial charge in [-0.25, -0.2) is 0 Å². The fourth-order valence-electron chi connectivity index (χ4n) is 2.12. The first kappa shape index (κ1) is 12.1. The summed E-state index contributed by atoms with van der Waals surface area (Å²) in [4.78, 5) is 0. The molecule has 0 amide bonds. The zero-order valence-electron chi connectivity index (χ0n) is 9.74. The number of hydrogen-bond acceptors (Lipinski definition) is 2. The van der Waals surface area contributed by atoms with Gasteiger partial charge in [0, 0.05) is 23.2 Å². The van der Waals surface area contributed by atoms with Crippen molar-refractivity contribution in [2.75, 3.05) is 6.61 Å². The molecule has 1 saturated heterocycles. The Kier molecular flexibility index (Phi) is 4.00. The third-order valence-corrected chi connectivity index (χ3v) is 3.74. The van der Waals surface area contributed by atoms with Gasteiger partial charge < -0.3 is 10.1 Å². The largest absolute Gasteiger partial charge is 0.377 e. The predicted octanol–water partition coefficient (Wildman–Crippen LogP) is 3.28. The fraction of sp³-hybridized carbons (Fsp3) is 0.538. The molecule has 2 rings (SSSR count). The van der Waals surface area contributed by atoms with Crippen molar-refractivity contribution in [2.45, 2.75) is 38.5 Å². The first-order valence-corrected chi connectivity index (χ1v) is 6.59. The van der Waals surface area contributed by atoms with Crippen molar-refractivity contribution in [3.05, 3.63) is 34.3 Å². The van der Waals surface area contributed by atoms with Crippen LogP contribution in [0, 0.1) is 0 Å². The van der Waals surface area contributed by atoms with E-state index in [-0.39, 0.29) is 0 Å². The second-order valence-corrected chi connectivity index (χ2v) is 5.33. The van der Waals surface area contributed by atoms with Gasteiger partial charge in [0.1, 0.15) is 0 Å². The molecule has 1 aliphatic heterocycles. The molecule has 0 aromatic heterocycles. The van der Waals surface area contributed by atoms with Crippen LogP contribution in [0.3, 0.4) is 0 Å². The topological polar surface area (TPSA) is 21.3 Å². The van der Waals surface area contributed by atoms with Crippen molar-refractivity contribution in [1.82, 2.24) is 5.32 Å². The molecule has 2 nitrogen and oxygen atoms in total. The summed E-state index contributed by atoms with van der Waals surface area (Å²) in [6.07, 6.45) is 1.44. The molecule has 0 spiro atoms. The SMILES string of the molecule is CC1OCCC1N[C@H](C)c1ccc(Br)cc1. The van der Waals surface area contributed by atoms with Crippen LogP contribution in [-0.2, 0) is 4.74 Å². The molecular weight excluding hydrogens is 266 g/mol. The van der Waals surface area contributed by atoms with Gasteiger partial charge in [0.2, 0.25) is 0 Å². The zero-order chi connectivity index (χ0) is 11.5. The number of halogens is 1. The second kappa shape index (κ2) is 5.30. The average molecular weight is 284 g/mol. The third kappa shape index (κ3) is 2.84. The number of rotatable bonds is 3. The van der Waals surface area contributed by atoms with E-state index in [1.165, 1.54) is 5.56 Å². The maximum Gasteiger partial charge on any atom is 0.0700 e. The normalized spacial score (nSPS) is 26.9. The molecule has 16 heavy (non-hydrogen) atoms. The van der Waals surface area contributed by atoms with Crippen molar-refractivity contribution >= 4 is 15.9 Å². The van der Waals surface area contributed by atoms with Crippen LogP contribution in [0.25, 0.3) is 0 Å². The highest BCUT2D eigenvalue weighted by Crippen LogP contribution is 2.20. The molecule has 1 aliphatic rings. The molecule has 0 aliphatic carbocycles. The van der Waals surface area contributed by atoms with Gasteiger partial charge in [-0.3, -0.25) is 0 Å². The van der Waals surface area contributed by atoms with Gasteiger partial charge in [-0.15, -0.1) is 0 Å². The van der Waals surface area contributed by atoms with E-state index in [0.717, 1.165) is 17.5 Å². The summed E-state index contributed by atoms with van der Waals surface area (Å²) >= 11 is 3.45. The molecule has 3 atom stereocenters. The lowest BCUT2D eigenvalue weighted by molar-refractivity contribution is 0.111. The Morgan fingerprint density at radius 3 is 2.62 bits per heavy atom. The minimum Gasteiger partial charge on any atom is -0.377 e. The maximum atomic E-state index is 5.55. The number of nitrogens with one attached hydrogen (secondary N) is 1. The number of ether oxygens (including phenoxy) is 1. The molecule has 2 unspecified atom stereocenters. The molecule has 1 fully saturated rings. The van der Waals surface area contributed by atoms with E-state index in [1.807, 2.05) is 0 Å². The van der Waals surface area contributed by atoms with Crippen LogP contribution >= 0.6 is 15.9 Å². The second-order valence-electron chi connectivity index (χ2n) is 4.41. The van der Waals surface area contributed by atoms with Gasteiger partial charge in [-0.2, -0.15) is 0 Å². The smallest absolute Gasteiger partial charge is 0.0700 e. The molecule has 3 heteroatoms. The highest BCUT2D eigenvalue weighted by atomic mass is 79.9. The van der Waals surface area contributed by atoms with E-state index in [1.54, 1.807) is 0 Å². The molecule has 1 aromatic rings. The van der Waals surface area contributed by atoms with Gasteiger partial charge in [0.05, 0.1) is 6.10 Å². The summed E-state index contributed by atoms with van der Waals surface area (Å²) in [6.45, 7) is 5.22. The van der Waals surface area contributed by atoms with Crippen LogP contribution in [0.5, 0.6) is 0 Å². The highest BCUT2D eigenvalue weighted by Gasteiger charge is 2.25. The van der Waals surface area contributed by atoms with Crippen LogP contribution in [0.2, 0.25) is 0 Å². The van der Waals surface area contributed by atoms with E-state index in [2.05, 4.69) is 59.4 Å². The Balaban J connectivity index is 1.97. The number of hydrogen-bond donors (Lipinski definition) is 1. The Morgan fingerprint density at radius 2 is 2.06 bits per heavy atom. The molecule has 0 bridgehead atoms. The quantitative estimate of drug-likeness (QED) is 0.919. The summed E-state index contributed by atoms with van der Waals surface area (Å²) in [6, 6.07) is 9.34. The summed E-state index contributed by atoms with van der Waals surface area (Å²) in [7, 11) is 0. The standard InChI is InChI=1S/C13H18BrNO/c1-9(11-3-5-12(14)6-4-11)15-13-7-8-16-10(13)2/h3-6,9-10,13,15H,7-8H2,1-2H3/t9-,10?,13?/m1/s1. The maximum absolute atomic E-state index is 5.55. The average Bonchev–Trinajstić information content (AvgIpc) is 2.65. The van der Waals surface area contributed by atoms with Gasteiger partial charge in [-0.05, 0) is 38.0 Å². The molecule has 1 N–H and O–H groups in total. The minimum absolute atomic E-state index is 0.331.